The van der Waals surface area contributed by atoms with Crippen LogP contribution < -0.4 is 10.1 Å². The van der Waals surface area contributed by atoms with Crippen molar-refractivity contribution in [2.75, 3.05) is 5.32 Å². The number of hydrogen-bond acceptors (Lipinski definition) is 4. The molecule has 1 N–H and O–H groups in total. The Labute approximate surface area is 189 Å². The van der Waals surface area contributed by atoms with Gasteiger partial charge >= 0.3 is 0 Å². The fourth-order valence-electron chi connectivity index (χ4n) is 3.55. The zero-order chi connectivity index (χ0) is 22.1. The minimum absolute atomic E-state index is 0.140. The third-order valence-corrected chi connectivity index (χ3v) is 6.31. The van der Waals surface area contributed by atoms with Crippen molar-refractivity contribution in [3.05, 3.63) is 101 Å². The van der Waals surface area contributed by atoms with Gasteiger partial charge in [-0.1, -0.05) is 36.4 Å². The maximum Gasteiger partial charge on any atom is 0.265 e. The summed E-state index contributed by atoms with van der Waals surface area (Å²) in [5, 5.41) is 8.66. The molecule has 3 aromatic carbocycles. The second kappa shape index (κ2) is 8.32. The number of benzene rings is 3. The standard InChI is InChI=1S/C26H21N3O2S/c1-17-8-6-7-11-23(17)29-26-22(18(2)28-29)16-24(32-26)25(30)27-19-12-14-21(15-13-19)31-20-9-4-3-5-10-20/h3-16H,1-2H3,(H,27,30). The number of hydrogen-bond donors (Lipinski definition) is 1. The second-order valence-electron chi connectivity index (χ2n) is 7.51. The van der Waals surface area contributed by atoms with Crippen LogP contribution in [-0.4, -0.2) is 15.7 Å². The molecule has 0 saturated carbocycles. The highest BCUT2D eigenvalue weighted by atomic mass is 32.1. The maximum absolute atomic E-state index is 12.9. The first kappa shape index (κ1) is 20.0. The molecule has 0 bridgehead atoms. The van der Waals surface area contributed by atoms with Crippen molar-refractivity contribution in [2.24, 2.45) is 0 Å². The maximum atomic E-state index is 12.9. The Morgan fingerprint density at radius 2 is 1.59 bits per heavy atom. The molecular formula is C26H21N3O2S. The van der Waals surface area contributed by atoms with E-state index in [4.69, 9.17) is 9.84 Å². The Morgan fingerprint density at radius 3 is 2.34 bits per heavy atom. The number of thiophene rings is 1. The number of para-hydroxylation sites is 2. The summed E-state index contributed by atoms with van der Waals surface area (Å²) in [6.07, 6.45) is 0. The number of carbonyl (C=O) groups is 1. The molecule has 32 heavy (non-hydrogen) atoms. The highest BCUT2D eigenvalue weighted by molar-refractivity contribution is 7.20. The van der Waals surface area contributed by atoms with Crippen LogP contribution in [0.3, 0.4) is 0 Å². The predicted molar refractivity (Wildman–Crippen MR) is 129 cm³/mol. The Morgan fingerprint density at radius 1 is 0.906 bits per heavy atom. The van der Waals surface area contributed by atoms with E-state index in [1.54, 1.807) is 0 Å². The van der Waals surface area contributed by atoms with Gasteiger partial charge in [0.05, 0.1) is 16.3 Å². The van der Waals surface area contributed by atoms with Crippen molar-refractivity contribution in [3.8, 4) is 17.2 Å². The van der Waals surface area contributed by atoms with Crippen molar-refractivity contribution < 1.29 is 9.53 Å². The van der Waals surface area contributed by atoms with Crippen molar-refractivity contribution >= 4 is 33.1 Å². The van der Waals surface area contributed by atoms with Crippen molar-refractivity contribution in [2.45, 2.75) is 13.8 Å². The second-order valence-corrected chi connectivity index (χ2v) is 8.54. The summed E-state index contributed by atoms with van der Waals surface area (Å²) in [4.78, 5) is 14.5. The van der Waals surface area contributed by atoms with Gasteiger partial charge in [-0.05, 0) is 67.9 Å². The van der Waals surface area contributed by atoms with Gasteiger partial charge < -0.3 is 10.1 Å². The highest BCUT2D eigenvalue weighted by Gasteiger charge is 2.18. The van der Waals surface area contributed by atoms with Crippen molar-refractivity contribution in [1.29, 1.82) is 0 Å². The monoisotopic (exact) mass is 439 g/mol. The first-order chi connectivity index (χ1) is 15.6. The van der Waals surface area contributed by atoms with Gasteiger partial charge in [-0.15, -0.1) is 11.3 Å². The van der Waals surface area contributed by atoms with E-state index in [2.05, 4.69) is 18.3 Å². The first-order valence-corrected chi connectivity index (χ1v) is 11.1. The fraction of sp³-hybridized carbons (Fsp3) is 0.0769. The van der Waals surface area contributed by atoms with Gasteiger partial charge in [-0.25, -0.2) is 4.68 Å². The van der Waals surface area contributed by atoms with Crippen LogP contribution in [0.5, 0.6) is 11.5 Å². The largest absolute Gasteiger partial charge is 0.457 e. The third-order valence-electron chi connectivity index (χ3n) is 5.20. The SMILES string of the molecule is Cc1ccccc1-n1nc(C)c2cc(C(=O)Nc3ccc(Oc4ccccc4)cc3)sc21. The number of aryl methyl sites for hydroxylation is 2. The lowest BCUT2D eigenvalue weighted by Gasteiger charge is -2.08. The molecular weight excluding hydrogens is 418 g/mol. The first-order valence-electron chi connectivity index (χ1n) is 10.3. The molecule has 0 unspecified atom stereocenters. The third kappa shape index (κ3) is 3.88. The van der Waals surface area contributed by atoms with Crippen LogP contribution in [0.4, 0.5) is 5.69 Å². The Kier molecular flexibility index (Phi) is 5.21. The number of carbonyl (C=O) groups excluding carboxylic acids is 1. The lowest BCUT2D eigenvalue weighted by Crippen LogP contribution is -2.10. The molecule has 1 amide bonds. The summed E-state index contributed by atoms with van der Waals surface area (Å²) >= 11 is 1.44. The Hall–Kier alpha value is -3.90. The molecule has 0 aliphatic rings. The average molecular weight is 440 g/mol. The fourth-order valence-corrected chi connectivity index (χ4v) is 4.62. The molecule has 0 radical (unpaired) electrons. The summed E-state index contributed by atoms with van der Waals surface area (Å²) in [7, 11) is 0. The molecule has 0 aliphatic heterocycles. The number of ether oxygens (including phenoxy) is 1. The van der Waals surface area contributed by atoms with E-state index < -0.39 is 0 Å². The van der Waals surface area contributed by atoms with E-state index in [0.717, 1.165) is 32.9 Å². The van der Waals surface area contributed by atoms with Crippen LogP contribution in [-0.2, 0) is 0 Å². The van der Waals surface area contributed by atoms with Crippen LogP contribution >= 0.6 is 11.3 Å². The topological polar surface area (TPSA) is 56.2 Å². The number of aromatic nitrogens is 2. The average Bonchev–Trinajstić information content (AvgIpc) is 3.37. The number of fused-ring (bicyclic) bond motifs is 1. The molecule has 0 atom stereocenters. The van der Waals surface area contributed by atoms with Gasteiger partial charge in [0.2, 0.25) is 0 Å². The lowest BCUT2D eigenvalue weighted by molar-refractivity contribution is 0.103. The minimum atomic E-state index is -0.140. The van der Waals surface area contributed by atoms with E-state index in [-0.39, 0.29) is 5.91 Å². The minimum Gasteiger partial charge on any atom is -0.457 e. The van der Waals surface area contributed by atoms with Crippen LogP contribution in [0.15, 0.2) is 84.9 Å². The zero-order valence-corrected chi connectivity index (χ0v) is 18.5. The van der Waals surface area contributed by atoms with Crippen LogP contribution in [0.1, 0.15) is 20.9 Å². The quantitative estimate of drug-likeness (QED) is 0.330. The van der Waals surface area contributed by atoms with E-state index in [1.807, 2.05) is 90.5 Å². The van der Waals surface area contributed by atoms with Gasteiger partial charge in [0.15, 0.2) is 0 Å². The molecule has 6 heteroatoms. The molecule has 2 aromatic heterocycles. The predicted octanol–water partition coefficient (Wildman–Crippen LogP) is 6.75. The molecule has 5 rings (SSSR count). The summed E-state index contributed by atoms with van der Waals surface area (Å²) in [5.74, 6) is 1.34. The summed E-state index contributed by atoms with van der Waals surface area (Å²) in [6, 6.07) is 27.0. The molecule has 2 heterocycles. The Bertz CT molecular complexity index is 1400. The number of anilines is 1. The van der Waals surface area contributed by atoms with Gasteiger partial charge in [-0.2, -0.15) is 5.10 Å². The van der Waals surface area contributed by atoms with Gasteiger partial charge in [0.25, 0.3) is 5.91 Å². The summed E-state index contributed by atoms with van der Waals surface area (Å²) in [6.45, 7) is 4.03. The van der Waals surface area contributed by atoms with Crippen LogP contribution in [0, 0.1) is 13.8 Å². The summed E-state index contributed by atoms with van der Waals surface area (Å²) < 4.78 is 7.74. The Balaban J connectivity index is 1.36. The van der Waals surface area contributed by atoms with Crippen molar-refractivity contribution in [1.82, 2.24) is 9.78 Å². The number of amides is 1. The number of nitrogens with zero attached hydrogens (tertiary/aromatic N) is 2. The molecule has 0 spiro atoms. The van der Waals surface area contributed by atoms with Crippen molar-refractivity contribution in [3.63, 3.8) is 0 Å². The van der Waals surface area contributed by atoms with Gasteiger partial charge in [0.1, 0.15) is 16.3 Å². The molecule has 158 valence electrons. The van der Waals surface area contributed by atoms with E-state index in [1.165, 1.54) is 11.3 Å². The molecule has 0 aliphatic carbocycles. The van der Waals surface area contributed by atoms with Gasteiger partial charge in [-0.3, -0.25) is 4.79 Å². The highest BCUT2D eigenvalue weighted by Crippen LogP contribution is 2.32. The molecule has 0 fully saturated rings. The number of nitrogens with one attached hydrogen (secondary N) is 1. The number of rotatable bonds is 5. The smallest absolute Gasteiger partial charge is 0.265 e. The van der Waals surface area contributed by atoms with Gasteiger partial charge in [0, 0.05) is 11.1 Å². The normalized spacial score (nSPS) is 10.9. The summed E-state index contributed by atoms with van der Waals surface area (Å²) in [5.41, 5.74) is 3.77. The molecule has 5 aromatic rings. The lowest BCUT2D eigenvalue weighted by atomic mass is 10.2. The van der Waals surface area contributed by atoms with E-state index in [9.17, 15) is 4.79 Å². The molecule has 0 saturated heterocycles. The van der Waals surface area contributed by atoms with Crippen LogP contribution in [0.2, 0.25) is 0 Å². The van der Waals surface area contributed by atoms with Crippen LogP contribution in [0.25, 0.3) is 15.9 Å². The van der Waals surface area contributed by atoms with E-state index in [0.29, 0.717) is 16.3 Å². The zero-order valence-electron chi connectivity index (χ0n) is 17.7. The molecule has 5 nitrogen and oxygen atoms in total. The van der Waals surface area contributed by atoms with E-state index >= 15 is 0 Å².